The molecule has 0 atom stereocenters. The van der Waals surface area contributed by atoms with E-state index in [1.54, 1.807) is 12.1 Å². The molecule has 0 nitrogen and oxygen atoms in total. The fraction of sp³-hybridized carbons (Fsp3) is 0. The Balaban J connectivity index is 1.45. The van der Waals surface area contributed by atoms with Crippen LogP contribution in [0, 0.1) is 0 Å². The number of rotatable bonds is 7. The zero-order chi connectivity index (χ0) is 28.7. The average molecular weight is 547 g/mol. The van der Waals surface area contributed by atoms with Crippen molar-refractivity contribution in [3.05, 3.63) is 203 Å². The summed E-state index contributed by atoms with van der Waals surface area (Å²) >= 11 is 0. The van der Waals surface area contributed by atoms with E-state index in [1.807, 2.05) is 158 Å². The molecule has 0 heterocycles. The number of benzene rings is 6. The van der Waals surface area contributed by atoms with Gasteiger partial charge in [-0.3, -0.25) is 0 Å². The predicted molar refractivity (Wildman–Crippen MR) is 172 cm³/mol. The maximum absolute atomic E-state index is 16.4. The first-order valence-electron chi connectivity index (χ1n) is 13.9. The Morgan fingerprint density at radius 3 is 0.833 bits per heavy atom. The van der Waals surface area contributed by atoms with Gasteiger partial charge in [-0.25, -0.2) is 8.78 Å². The van der Waals surface area contributed by atoms with Gasteiger partial charge in [-0.15, -0.1) is 0 Å². The van der Waals surface area contributed by atoms with Crippen LogP contribution in [-0.2, 0) is 0 Å². The summed E-state index contributed by atoms with van der Waals surface area (Å²) in [6.45, 7) is 0. The molecule has 6 aromatic rings. The Bertz CT molecular complexity index is 1630. The van der Waals surface area contributed by atoms with Crippen molar-refractivity contribution in [2.45, 2.75) is 0 Å². The first-order valence-corrected chi connectivity index (χ1v) is 13.9. The summed E-state index contributed by atoms with van der Waals surface area (Å²) in [6.07, 6.45) is 0. The van der Waals surface area contributed by atoms with Crippen LogP contribution in [0.25, 0.3) is 33.9 Å². The van der Waals surface area contributed by atoms with Gasteiger partial charge in [0.1, 0.15) is 11.7 Å². The van der Waals surface area contributed by atoms with Crippen molar-refractivity contribution in [2.75, 3.05) is 0 Å². The van der Waals surface area contributed by atoms with Gasteiger partial charge in [0, 0.05) is 22.3 Å². The maximum Gasteiger partial charge on any atom is 0.138 e. The summed E-state index contributed by atoms with van der Waals surface area (Å²) in [5.41, 5.74) is 6.81. The summed E-state index contributed by atoms with van der Waals surface area (Å²) in [5.74, 6) is -0.626. The Hall–Kier alpha value is -5.34. The highest BCUT2D eigenvalue weighted by atomic mass is 19.1. The lowest BCUT2D eigenvalue weighted by Crippen LogP contribution is -1.93. The molecule has 0 aliphatic heterocycles. The molecule has 6 aromatic carbocycles. The van der Waals surface area contributed by atoms with Gasteiger partial charge in [-0.1, -0.05) is 158 Å². The van der Waals surface area contributed by atoms with E-state index in [0.717, 1.165) is 33.4 Å². The normalized spacial score (nSPS) is 10.6. The maximum atomic E-state index is 16.4. The fourth-order valence-electron chi connectivity index (χ4n) is 5.22. The van der Waals surface area contributed by atoms with Crippen LogP contribution in [0.1, 0.15) is 33.4 Å². The standard InChI is InChI=1S/C40H28F2/c41-39(37(29-15-5-1-6-16-29)30-17-7-2-8-18-30)35-25-13-23-33(27-35)34-24-14-26-36(28-34)40(42)38(31-19-9-3-10-20-31)32-21-11-4-12-22-32/h1-28H. The predicted octanol–water partition coefficient (Wildman–Crippen LogP) is 11.1. The zero-order valence-electron chi connectivity index (χ0n) is 22.9. The van der Waals surface area contributed by atoms with Crippen LogP contribution in [0.4, 0.5) is 8.78 Å². The Kier molecular flexibility index (Phi) is 7.96. The Morgan fingerprint density at radius 1 is 0.286 bits per heavy atom. The molecule has 0 bridgehead atoms. The molecule has 0 aromatic heterocycles. The molecule has 0 N–H and O–H groups in total. The van der Waals surface area contributed by atoms with E-state index in [4.69, 9.17) is 0 Å². The van der Waals surface area contributed by atoms with E-state index < -0.39 is 0 Å². The van der Waals surface area contributed by atoms with Gasteiger partial charge in [0.15, 0.2) is 0 Å². The monoisotopic (exact) mass is 546 g/mol. The molecule has 0 fully saturated rings. The fourth-order valence-corrected chi connectivity index (χ4v) is 5.22. The topological polar surface area (TPSA) is 0 Å². The van der Waals surface area contributed by atoms with E-state index in [1.165, 1.54) is 0 Å². The van der Waals surface area contributed by atoms with Crippen molar-refractivity contribution in [1.29, 1.82) is 0 Å². The molecule has 0 saturated carbocycles. The number of hydrogen-bond donors (Lipinski definition) is 0. The van der Waals surface area contributed by atoms with Crippen molar-refractivity contribution in [2.24, 2.45) is 0 Å². The van der Waals surface area contributed by atoms with Gasteiger partial charge in [0.2, 0.25) is 0 Å². The van der Waals surface area contributed by atoms with Gasteiger partial charge in [0.05, 0.1) is 0 Å². The molecule has 0 saturated heterocycles. The minimum atomic E-state index is -0.313. The van der Waals surface area contributed by atoms with Gasteiger partial charge in [-0.2, -0.15) is 0 Å². The lowest BCUT2D eigenvalue weighted by Gasteiger charge is -2.13. The second kappa shape index (κ2) is 12.4. The first kappa shape index (κ1) is 26.9. The summed E-state index contributed by atoms with van der Waals surface area (Å²) in [5, 5.41) is 0. The third-order valence-corrected chi connectivity index (χ3v) is 7.25. The van der Waals surface area contributed by atoms with Gasteiger partial charge < -0.3 is 0 Å². The quantitative estimate of drug-likeness (QED) is 0.175. The van der Waals surface area contributed by atoms with Crippen LogP contribution in [0.15, 0.2) is 170 Å². The first-order chi connectivity index (χ1) is 20.7. The summed E-state index contributed by atoms with van der Waals surface area (Å²) in [6, 6.07) is 53.1. The Labute approximate surface area is 245 Å². The van der Waals surface area contributed by atoms with Crippen molar-refractivity contribution in [3.63, 3.8) is 0 Å². The molecular formula is C40H28F2. The number of hydrogen-bond acceptors (Lipinski definition) is 0. The Morgan fingerprint density at radius 2 is 0.548 bits per heavy atom. The highest BCUT2D eigenvalue weighted by Gasteiger charge is 2.17. The third kappa shape index (κ3) is 5.75. The van der Waals surface area contributed by atoms with Gasteiger partial charge >= 0.3 is 0 Å². The van der Waals surface area contributed by atoms with Crippen LogP contribution in [0.3, 0.4) is 0 Å². The molecule has 0 amide bonds. The minimum Gasteiger partial charge on any atom is -0.206 e. The van der Waals surface area contributed by atoms with Gasteiger partial charge in [-0.05, 0) is 45.5 Å². The van der Waals surface area contributed by atoms with E-state index in [9.17, 15) is 0 Å². The molecule has 0 aliphatic rings. The smallest absolute Gasteiger partial charge is 0.138 e. The highest BCUT2D eigenvalue weighted by Crippen LogP contribution is 2.37. The SMILES string of the molecule is FC(=C(c1ccccc1)c1ccccc1)c1cccc(-c2cccc(C(F)=C(c3ccccc3)c3ccccc3)c2)c1. The number of halogens is 2. The summed E-state index contributed by atoms with van der Waals surface area (Å²) in [4.78, 5) is 0. The average Bonchev–Trinajstić information content (AvgIpc) is 3.07. The van der Waals surface area contributed by atoms with Crippen LogP contribution in [0.2, 0.25) is 0 Å². The third-order valence-electron chi connectivity index (χ3n) is 7.25. The lowest BCUT2D eigenvalue weighted by molar-refractivity contribution is 0.761. The van der Waals surface area contributed by atoms with Crippen LogP contribution >= 0.6 is 0 Å². The van der Waals surface area contributed by atoms with Crippen LogP contribution < -0.4 is 0 Å². The lowest BCUT2D eigenvalue weighted by atomic mass is 9.92. The molecule has 0 unspecified atom stereocenters. The van der Waals surface area contributed by atoms with Crippen molar-refractivity contribution >= 4 is 22.8 Å². The molecule has 0 spiro atoms. The van der Waals surface area contributed by atoms with Crippen LogP contribution in [-0.4, -0.2) is 0 Å². The highest BCUT2D eigenvalue weighted by molar-refractivity contribution is 5.97. The van der Waals surface area contributed by atoms with Crippen LogP contribution in [0.5, 0.6) is 0 Å². The van der Waals surface area contributed by atoms with E-state index in [-0.39, 0.29) is 11.7 Å². The summed E-state index contributed by atoms with van der Waals surface area (Å²) < 4.78 is 32.7. The van der Waals surface area contributed by atoms with Crippen molar-refractivity contribution in [3.8, 4) is 11.1 Å². The molecule has 202 valence electrons. The second-order valence-electron chi connectivity index (χ2n) is 10.0. The molecule has 6 rings (SSSR count). The molecule has 0 aliphatic carbocycles. The molecular weight excluding hydrogens is 518 g/mol. The van der Waals surface area contributed by atoms with Gasteiger partial charge in [0.25, 0.3) is 0 Å². The summed E-state index contributed by atoms with van der Waals surface area (Å²) in [7, 11) is 0. The van der Waals surface area contributed by atoms with E-state index >= 15 is 8.78 Å². The van der Waals surface area contributed by atoms with E-state index in [2.05, 4.69) is 0 Å². The van der Waals surface area contributed by atoms with Crippen molar-refractivity contribution in [1.82, 2.24) is 0 Å². The van der Waals surface area contributed by atoms with Crippen molar-refractivity contribution < 1.29 is 8.78 Å². The second-order valence-corrected chi connectivity index (χ2v) is 10.0. The molecule has 42 heavy (non-hydrogen) atoms. The molecule has 0 radical (unpaired) electrons. The largest absolute Gasteiger partial charge is 0.206 e. The van der Waals surface area contributed by atoms with E-state index in [0.29, 0.717) is 22.3 Å². The minimum absolute atomic E-state index is 0.313. The zero-order valence-corrected chi connectivity index (χ0v) is 22.9. The molecule has 2 heteroatoms.